The van der Waals surface area contributed by atoms with E-state index in [9.17, 15) is 0 Å². The Balaban J connectivity index is 3.63. The second-order valence-corrected chi connectivity index (χ2v) is 39.5. The van der Waals surface area contributed by atoms with Crippen LogP contribution in [0.15, 0.2) is 21.5 Å². The van der Waals surface area contributed by atoms with Crippen LogP contribution in [0.3, 0.4) is 0 Å². The molecule has 0 amide bonds. The monoisotopic (exact) mass is 424 g/mol. The van der Waals surface area contributed by atoms with Crippen molar-refractivity contribution < 1.29 is 20.6 Å². The molecule has 6 heteroatoms. The van der Waals surface area contributed by atoms with Crippen LogP contribution in [0.1, 0.15) is 27.2 Å². The van der Waals surface area contributed by atoms with Gasteiger partial charge in [-0.1, -0.05) is 0 Å². The fraction of sp³-hybridized carbons (Fsp3) is 0.714. The first-order valence-corrected chi connectivity index (χ1v) is 23.8. The Bertz CT molecular complexity index is 371. The van der Waals surface area contributed by atoms with E-state index in [1.54, 1.807) is 0 Å². The fourth-order valence-electron chi connectivity index (χ4n) is 3.83. The van der Waals surface area contributed by atoms with E-state index in [1.165, 1.54) is 3.28 Å². The Morgan fingerprint density at radius 3 is 1.75 bits per heavy atom. The van der Waals surface area contributed by atoms with Gasteiger partial charge in [-0.15, -0.1) is 0 Å². The molecule has 0 bridgehead atoms. The zero-order chi connectivity index (χ0) is 15.4. The summed E-state index contributed by atoms with van der Waals surface area (Å²) in [5, 5.41) is 0. The first-order valence-electron chi connectivity index (χ1n) is 7.67. The van der Waals surface area contributed by atoms with Crippen molar-refractivity contribution in [2.45, 2.75) is 27.2 Å². The van der Waals surface area contributed by atoms with Crippen LogP contribution in [-0.2, 0) is 17.1 Å². The predicted molar refractivity (Wildman–Crippen MR) is 86.4 cm³/mol. The number of hydrogen-bond donors (Lipinski definition) is 0. The Morgan fingerprint density at radius 2 is 1.50 bits per heavy atom. The van der Waals surface area contributed by atoms with Crippen molar-refractivity contribution in [3.8, 4) is 0 Å². The molecule has 0 unspecified atom stereocenters. The predicted octanol–water partition coefficient (Wildman–Crippen LogP) is 2.09. The summed E-state index contributed by atoms with van der Waals surface area (Å²) in [4.78, 5) is 0. The number of hydrogen-bond acceptors (Lipinski definition) is 3. The SMILES string of the molecule is CC[N](C)[Zr]([GeH2][F])([C]1=CC=CC1)([N](C)CC)[N](C)CC. The van der Waals surface area contributed by atoms with Gasteiger partial charge in [-0.2, -0.15) is 0 Å². The molecule has 0 heterocycles. The van der Waals surface area contributed by atoms with E-state index in [2.05, 4.69) is 68.7 Å². The van der Waals surface area contributed by atoms with Gasteiger partial charge < -0.3 is 0 Å². The summed E-state index contributed by atoms with van der Waals surface area (Å²) in [7, 11) is 6.48. The van der Waals surface area contributed by atoms with Gasteiger partial charge in [0.25, 0.3) is 0 Å². The van der Waals surface area contributed by atoms with Crippen molar-refractivity contribution in [2.24, 2.45) is 0 Å². The van der Waals surface area contributed by atoms with E-state index in [0.29, 0.717) is 0 Å². The molecule has 0 aromatic carbocycles. The van der Waals surface area contributed by atoms with Gasteiger partial charge in [0.15, 0.2) is 0 Å². The van der Waals surface area contributed by atoms with Crippen LogP contribution in [0.4, 0.5) is 3.50 Å². The molecule has 0 saturated carbocycles. The quantitative estimate of drug-likeness (QED) is 0.553. The van der Waals surface area contributed by atoms with Gasteiger partial charge in [-0.25, -0.2) is 0 Å². The normalized spacial score (nSPS) is 18.5. The van der Waals surface area contributed by atoms with Crippen molar-refractivity contribution in [1.29, 1.82) is 0 Å². The van der Waals surface area contributed by atoms with Gasteiger partial charge >= 0.3 is 131 Å². The average Bonchev–Trinajstić information content (AvgIpc) is 3.02. The Kier molecular flexibility index (Phi) is 6.87. The Labute approximate surface area is 130 Å². The Morgan fingerprint density at radius 1 is 1.05 bits per heavy atom. The minimum absolute atomic E-state index is 0.923. The topological polar surface area (TPSA) is 9.72 Å². The second kappa shape index (κ2) is 7.32. The number of allylic oxidation sites excluding steroid dienone is 4. The van der Waals surface area contributed by atoms with Crippen molar-refractivity contribution >= 4 is 12.1 Å². The zero-order valence-corrected chi connectivity index (χ0v) is 19.4. The van der Waals surface area contributed by atoms with Crippen molar-refractivity contribution in [2.75, 3.05) is 40.8 Å². The molecule has 0 aliphatic heterocycles. The summed E-state index contributed by atoms with van der Waals surface area (Å²) in [5.74, 6) is 0. The molecule has 0 fully saturated rings. The number of halogens is 1. The molecule has 0 atom stereocenters. The molecule has 1 aliphatic rings. The van der Waals surface area contributed by atoms with E-state index in [-0.39, 0.29) is 0 Å². The van der Waals surface area contributed by atoms with Gasteiger partial charge in [-0.3, -0.25) is 0 Å². The molecule has 0 N–H and O–H groups in total. The molecule has 0 spiro atoms. The fourth-order valence-corrected chi connectivity index (χ4v) is 42.3. The summed E-state index contributed by atoms with van der Waals surface area (Å²) >= 11 is -6.23. The number of rotatable bonds is 8. The zero-order valence-electron chi connectivity index (χ0n) is 14.0. The average molecular weight is 424 g/mol. The van der Waals surface area contributed by atoms with Crippen molar-refractivity contribution in [1.82, 2.24) is 8.53 Å². The molecule has 0 saturated heterocycles. The first kappa shape index (κ1) is 18.8. The van der Waals surface area contributed by atoms with Crippen LogP contribution in [0.2, 0.25) is 0 Å². The number of nitrogens with zero attached hydrogens (tertiary/aromatic N) is 3. The molecule has 3 nitrogen and oxygen atoms in total. The van der Waals surface area contributed by atoms with Crippen LogP contribution >= 0.6 is 0 Å². The summed E-state index contributed by atoms with van der Waals surface area (Å²) in [5.41, 5.74) is 0. The summed E-state index contributed by atoms with van der Waals surface area (Å²) in [6.07, 6.45) is 7.48. The van der Waals surface area contributed by atoms with Gasteiger partial charge in [0.1, 0.15) is 0 Å². The maximum absolute atomic E-state index is 15.0. The van der Waals surface area contributed by atoms with E-state index in [0.717, 1.165) is 26.1 Å². The molecule has 117 valence electrons. The van der Waals surface area contributed by atoms with Crippen LogP contribution in [0, 0.1) is 0 Å². The summed E-state index contributed by atoms with van der Waals surface area (Å²) < 4.78 is 23.7. The first-order chi connectivity index (χ1) is 9.45. The van der Waals surface area contributed by atoms with Gasteiger partial charge in [0.05, 0.1) is 0 Å². The van der Waals surface area contributed by atoms with Gasteiger partial charge in [0.2, 0.25) is 0 Å². The van der Waals surface area contributed by atoms with E-state index in [4.69, 9.17) is 0 Å². The minimum atomic E-state index is -4.01. The third-order valence-electron chi connectivity index (χ3n) is 5.50. The third-order valence-corrected chi connectivity index (χ3v) is 56.9. The van der Waals surface area contributed by atoms with Crippen LogP contribution in [0.5, 0.6) is 0 Å². The molecule has 0 radical (unpaired) electrons. The molecule has 0 aromatic rings. The molecule has 20 heavy (non-hydrogen) atoms. The van der Waals surface area contributed by atoms with Crippen LogP contribution in [-0.4, -0.2) is 61.4 Å². The van der Waals surface area contributed by atoms with Crippen LogP contribution < -0.4 is 0 Å². The standard InChI is InChI=1S/C5H5.3C3H8N.FGeH2.Zr/c1-2-4-5-3-1;3*1-3-4-2;1-2;/h1-3H,4H2;3*3H2,1-2H3;2H2;/q;3*-1;;+3. The van der Waals surface area contributed by atoms with E-state index in [1.807, 2.05) is 0 Å². The van der Waals surface area contributed by atoms with Crippen LogP contribution in [0.25, 0.3) is 0 Å². The Hall–Kier alpha value is 0.716. The summed E-state index contributed by atoms with van der Waals surface area (Å²) in [6.45, 7) is 9.27. The van der Waals surface area contributed by atoms with E-state index >= 15 is 3.50 Å². The molecule has 0 aromatic heterocycles. The third kappa shape index (κ3) is 2.38. The molecule has 1 aliphatic carbocycles. The van der Waals surface area contributed by atoms with Gasteiger partial charge in [-0.05, 0) is 0 Å². The molecular formula is C14H31FGeN3Zr. The maximum atomic E-state index is 15.0. The van der Waals surface area contributed by atoms with Gasteiger partial charge in [0, 0.05) is 0 Å². The molecular weight excluding hydrogens is 393 g/mol. The molecule has 1 rings (SSSR count). The van der Waals surface area contributed by atoms with Crippen molar-refractivity contribution in [3.63, 3.8) is 0 Å². The van der Waals surface area contributed by atoms with E-state index < -0.39 is 29.3 Å². The second-order valence-electron chi connectivity index (χ2n) is 5.79. The summed E-state index contributed by atoms with van der Waals surface area (Å²) in [6, 6.07) is 0. The van der Waals surface area contributed by atoms with Crippen molar-refractivity contribution in [3.05, 3.63) is 21.5 Å².